The lowest BCUT2D eigenvalue weighted by Gasteiger charge is -2.15. The minimum absolute atomic E-state index is 0.121. The van der Waals surface area contributed by atoms with Gasteiger partial charge in [-0.2, -0.15) is 0 Å². The standard InChI is InChI=1S/C26H21FO4/c1-29-19-8-4-16(5-9-19)26(28)25-21(18-7-13-23(27)24(15-18)31-3)11-6-17-14-20(30-2)10-12-22(17)25/h4-15H,1-3H3. The molecule has 0 fully saturated rings. The van der Waals surface area contributed by atoms with Crippen molar-refractivity contribution in [3.63, 3.8) is 0 Å². The van der Waals surface area contributed by atoms with Gasteiger partial charge in [0.2, 0.25) is 0 Å². The largest absolute Gasteiger partial charge is 0.497 e. The van der Waals surface area contributed by atoms with Crippen molar-refractivity contribution in [1.29, 1.82) is 0 Å². The number of hydrogen-bond donors (Lipinski definition) is 0. The molecule has 0 aliphatic carbocycles. The highest BCUT2D eigenvalue weighted by Gasteiger charge is 2.20. The summed E-state index contributed by atoms with van der Waals surface area (Å²) in [5.41, 5.74) is 2.43. The number of ether oxygens (including phenoxy) is 3. The molecule has 0 unspecified atom stereocenters. The van der Waals surface area contributed by atoms with E-state index in [-0.39, 0.29) is 11.5 Å². The fraction of sp³-hybridized carbons (Fsp3) is 0.115. The minimum Gasteiger partial charge on any atom is -0.497 e. The highest BCUT2D eigenvalue weighted by molar-refractivity contribution is 6.20. The number of carbonyl (C=O) groups excluding carboxylic acids is 1. The van der Waals surface area contributed by atoms with Crippen molar-refractivity contribution in [2.45, 2.75) is 0 Å². The van der Waals surface area contributed by atoms with Crippen molar-refractivity contribution in [2.75, 3.05) is 21.3 Å². The Hall–Kier alpha value is -3.86. The molecule has 0 atom stereocenters. The van der Waals surface area contributed by atoms with Crippen LogP contribution in [-0.4, -0.2) is 27.1 Å². The SMILES string of the molecule is COc1ccc(C(=O)c2c(-c3ccc(F)c(OC)c3)ccc3cc(OC)ccc23)cc1. The normalized spacial score (nSPS) is 10.7. The predicted octanol–water partition coefficient (Wildman–Crippen LogP) is 5.90. The van der Waals surface area contributed by atoms with Crippen LogP contribution >= 0.6 is 0 Å². The molecule has 0 bridgehead atoms. The average molecular weight is 416 g/mol. The van der Waals surface area contributed by atoms with Gasteiger partial charge in [0.25, 0.3) is 0 Å². The molecule has 0 aromatic heterocycles. The van der Waals surface area contributed by atoms with E-state index in [2.05, 4.69) is 0 Å². The van der Waals surface area contributed by atoms with Crippen LogP contribution in [0.4, 0.5) is 4.39 Å². The summed E-state index contributed by atoms with van der Waals surface area (Å²) in [5.74, 6) is 0.890. The lowest BCUT2D eigenvalue weighted by atomic mass is 9.89. The van der Waals surface area contributed by atoms with Crippen molar-refractivity contribution in [1.82, 2.24) is 0 Å². The fourth-order valence-corrected chi connectivity index (χ4v) is 3.63. The van der Waals surface area contributed by atoms with E-state index in [1.165, 1.54) is 13.2 Å². The first kappa shape index (κ1) is 20.4. The summed E-state index contributed by atoms with van der Waals surface area (Å²) in [6.45, 7) is 0. The molecule has 0 aliphatic rings. The Kier molecular flexibility index (Phi) is 5.58. The van der Waals surface area contributed by atoms with Gasteiger partial charge in [0.15, 0.2) is 17.3 Å². The van der Waals surface area contributed by atoms with Crippen molar-refractivity contribution >= 4 is 16.6 Å². The first-order valence-electron chi connectivity index (χ1n) is 9.69. The van der Waals surface area contributed by atoms with E-state index >= 15 is 0 Å². The Morgan fingerprint density at radius 3 is 2.13 bits per heavy atom. The molecule has 0 radical (unpaired) electrons. The third kappa shape index (κ3) is 3.82. The van der Waals surface area contributed by atoms with Gasteiger partial charge in [-0.05, 0) is 76.5 Å². The zero-order valence-corrected chi connectivity index (χ0v) is 17.4. The molecule has 0 spiro atoms. The number of ketones is 1. The molecule has 0 amide bonds. The number of fused-ring (bicyclic) bond motifs is 1. The molecule has 0 heterocycles. The van der Waals surface area contributed by atoms with Crippen LogP contribution in [0.3, 0.4) is 0 Å². The highest BCUT2D eigenvalue weighted by Crippen LogP contribution is 2.36. The van der Waals surface area contributed by atoms with E-state index in [1.807, 2.05) is 30.3 Å². The topological polar surface area (TPSA) is 44.8 Å². The van der Waals surface area contributed by atoms with E-state index in [0.717, 1.165) is 10.8 Å². The zero-order chi connectivity index (χ0) is 22.0. The van der Waals surface area contributed by atoms with Crippen LogP contribution in [0.1, 0.15) is 15.9 Å². The van der Waals surface area contributed by atoms with Gasteiger partial charge in [0.1, 0.15) is 11.5 Å². The molecule has 4 rings (SSSR count). The van der Waals surface area contributed by atoms with Gasteiger partial charge >= 0.3 is 0 Å². The fourth-order valence-electron chi connectivity index (χ4n) is 3.63. The number of halogens is 1. The average Bonchev–Trinajstić information content (AvgIpc) is 2.83. The Labute approximate surface area is 179 Å². The Morgan fingerprint density at radius 1 is 0.742 bits per heavy atom. The van der Waals surface area contributed by atoms with Gasteiger partial charge in [-0.1, -0.05) is 18.2 Å². The second-order valence-electron chi connectivity index (χ2n) is 6.98. The molecule has 0 N–H and O–H groups in total. The van der Waals surface area contributed by atoms with Crippen LogP contribution in [0.5, 0.6) is 17.2 Å². The first-order valence-corrected chi connectivity index (χ1v) is 9.69. The lowest BCUT2D eigenvalue weighted by molar-refractivity contribution is 0.104. The van der Waals surface area contributed by atoms with E-state index in [9.17, 15) is 9.18 Å². The predicted molar refractivity (Wildman–Crippen MR) is 119 cm³/mol. The van der Waals surface area contributed by atoms with E-state index in [4.69, 9.17) is 14.2 Å². The monoisotopic (exact) mass is 416 g/mol. The van der Waals surface area contributed by atoms with Crippen LogP contribution in [0.25, 0.3) is 21.9 Å². The molecular weight excluding hydrogens is 395 g/mol. The van der Waals surface area contributed by atoms with Crippen LogP contribution in [0.2, 0.25) is 0 Å². The van der Waals surface area contributed by atoms with Gasteiger partial charge in [-0.3, -0.25) is 4.79 Å². The molecule has 0 saturated carbocycles. The number of benzene rings is 4. The Bertz CT molecular complexity index is 1260. The summed E-state index contributed by atoms with van der Waals surface area (Å²) in [7, 11) is 4.59. The minimum atomic E-state index is -0.459. The number of rotatable bonds is 6. The van der Waals surface area contributed by atoms with Gasteiger partial charge < -0.3 is 14.2 Å². The Morgan fingerprint density at radius 2 is 1.45 bits per heavy atom. The third-order valence-corrected chi connectivity index (χ3v) is 5.27. The molecule has 0 saturated heterocycles. The third-order valence-electron chi connectivity index (χ3n) is 5.27. The van der Waals surface area contributed by atoms with E-state index in [1.54, 1.807) is 50.6 Å². The van der Waals surface area contributed by atoms with Crippen LogP contribution < -0.4 is 14.2 Å². The van der Waals surface area contributed by atoms with Gasteiger partial charge in [-0.25, -0.2) is 4.39 Å². The van der Waals surface area contributed by atoms with Crippen LogP contribution in [-0.2, 0) is 0 Å². The molecule has 5 heteroatoms. The van der Waals surface area contributed by atoms with Crippen molar-refractivity contribution in [2.24, 2.45) is 0 Å². The summed E-state index contributed by atoms with van der Waals surface area (Å²) in [6.07, 6.45) is 0. The van der Waals surface area contributed by atoms with Crippen molar-refractivity contribution < 1.29 is 23.4 Å². The second kappa shape index (κ2) is 8.48. The van der Waals surface area contributed by atoms with E-state index < -0.39 is 5.82 Å². The summed E-state index contributed by atoms with van der Waals surface area (Å²) in [4.78, 5) is 13.7. The summed E-state index contributed by atoms with van der Waals surface area (Å²) in [5, 5.41) is 1.65. The molecule has 31 heavy (non-hydrogen) atoms. The van der Waals surface area contributed by atoms with Gasteiger partial charge in [0, 0.05) is 11.1 Å². The first-order chi connectivity index (χ1) is 15.0. The molecule has 4 nitrogen and oxygen atoms in total. The molecule has 4 aromatic carbocycles. The van der Waals surface area contributed by atoms with Gasteiger partial charge in [0.05, 0.1) is 21.3 Å². The number of methoxy groups -OCH3 is 3. The molecule has 156 valence electrons. The number of carbonyl (C=O) groups is 1. The van der Waals surface area contributed by atoms with Gasteiger partial charge in [-0.15, -0.1) is 0 Å². The summed E-state index contributed by atoms with van der Waals surface area (Å²) < 4.78 is 29.7. The number of hydrogen-bond acceptors (Lipinski definition) is 4. The summed E-state index contributed by atoms with van der Waals surface area (Å²) >= 11 is 0. The zero-order valence-electron chi connectivity index (χ0n) is 17.4. The maximum Gasteiger partial charge on any atom is 0.194 e. The maximum absolute atomic E-state index is 14.0. The molecule has 0 aliphatic heterocycles. The smallest absolute Gasteiger partial charge is 0.194 e. The molecular formula is C26H21FO4. The summed E-state index contributed by atoms with van der Waals surface area (Å²) in [6, 6.07) is 20.9. The van der Waals surface area contributed by atoms with Crippen molar-refractivity contribution in [3.8, 4) is 28.4 Å². The van der Waals surface area contributed by atoms with Crippen LogP contribution in [0, 0.1) is 5.82 Å². The maximum atomic E-state index is 14.0. The quantitative estimate of drug-likeness (QED) is 0.367. The van der Waals surface area contributed by atoms with Crippen molar-refractivity contribution in [3.05, 3.63) is 89.7 Å². The molecule has 4 aromatic rings. The second-order valence-corrected chi connectivity index (χ2v) is 6.98. The van der Waals surface area contributed by atoms with Crippen LogP contribution in [0.15, 0.2) is 72.8 Å². The lowest BCUT2D eigenvalue weighted by Crippen LogP contribution is -2.05. The highest BCUT2D eigenvalue weighted by atomic mass is 19.1. The van der Waals surface area contributed by atoms with E-state index in [0.29, 0.717) is 33.8 Å². The Balaban J connectivity index is 1.96.